The van der Waals surface area contributed by atoms with Crippen LogP contribution >= 0.6 is 12.4 Å². The fourth-order valence-electron chi connectivity index (χ4n) is 2.32. The molecular weight excluding hydrogens is 336 g/mol. The Morgan fingerprint density at radius 2 is 1.68 bits per heavy atom. The van der Waals surface area contributed by atoms with Gasteiger partial charge in [-0.15, -0.1) is 12.4 Å². The molecule has 0 spiro atoms. The highest BCUT2D eigenvalue weighted by Gasteiger charge is 2.22. The Morgan fingerprint density at radius 1 is 1.08 bits per heavy atom. The third-order valence-corrected chi connectivity index (χ3v) is 4.17. The molecule has 0 fully saturated rings. The average Bonchev–Trinajstić information content (AvgIpc) is 2.62. The number of rotatable bonds is 7. The van der Waals surface area contributed by atoms with Gasteiger partial charge in [-0.05, 0) is 43.2 Å². The Kier molecular flexibility index (Phi) is 8.46. The zero-order valence-electron chi connectivity index (χ0n) is 14.9. The number of ether oxygens (including phenoxy) is 1. The van der Waals surface area contributed by atoms with Crippen molar-refractivity contribution in [1.82, 2.24) is 0 Å². The van der Waals surface area contributed by atoms with Crippen molar-refractivity contribution >= 4 is 24.0 Å². The Bertz CT molecular complexity index is 647. The van der Waals surface area contributed by atoms with Crippen molar-refractivity contribution in [2.45, 2.75) is 39.3 Å². The number of amides is 1. The maximum absolute atomic E-state index is 12.4. The molecule has 136 valence electrons. The summed E-state index contributed by atoms with van der Waals surface area (Å²) in [5.74, 6) is 0.377. The lowest BCUT2D eigenvalue weighted by Crippen LogP contribution is -2.30. The smallest absolute Gasteiger partial charge is 0.229 e. The first-order valence-electron chi connectivity index (χ1n) is 8.39. The molecule has 0 saturated heterocycles. The van der Waals surface area contributed by atoms with E-state index in [1.165, 1.54) is 0 Å². The molecule has 0 aliphatic carbocycles. The maximum Gasteiger partial charge on any atom is 0.229 e. The van der Waals surface area contributed by atoms with Gasteiger partial charge in [-0.2, -0.15) is 0 Å². The first kappa shape index (κ1) is 21.0. The Morgan fingerprint density at radius 3 is 2.24 bits per heavy atom. The Balaban J connectivity index is 0.00000312. The monoisotopic (exact) mass is 362 g/mol. The van der Waals surface area contributed by atoms with Crippen LogP contribution in [-0.2, 0) is 4.79 Å². The first-order chi connectivity index (χ1) is 11.5. The van der Waals surface area contributed by atoms with Crippen molar-refractivity contribution in [2.24, 2.45) is 11.7 Å². The largest absolute Gasteiger partial charge is 0.491 e. The van der Waals surface area contributed by atoms with Gasteiger partial charge in [0.2, 0.25) is 5.91 Å². The van der Waals surface area contributed by atoms with Gasteiger partial charge in [0.1, 0.15) is 5.75 Å². The van der Waals surface area contributed by atoms with Gasteiger partial charge in [-0.25, -0.2) is 0 Å². The number of hydrogen-bond donors (Lipinski definition) is 2. The molecule has 2 aromatic carbocycles. The highest BCUT2D eigenvalue weighted by atomic mass is 35.5. The highest BCUT2D eigenvalue weighted by molar-refractivity contribution is 5.92. The van der Waals surface area contributed by atoms with Crippen molar-refractivity contribution in [3.05, 3.63) is 60.2 Å². The quantitative estimate of drug-likeness (QED) is 0.758. The van der Waals surface area contributed by atoms with Crippen LogP contribution in [0.2, 0.25) is 0 Å². The number of halogens is 1. The van der Waals surface area contributed by atoms with Crippen molar-refractivity contribution in [2.75, 3.05) is 5.32 Å². The molecule has 0 aromatic heterocycles. The Labute approximate surface area is 156 Å². The summed E-state index contributed by atoms with van der Waals surface area (Å²) in [5.41, 5.74) is 7.90. The number of carbonyl (C=O) groups excluding carboxylic acids is 1. The van der Waals surface area contributed by atoms with Crippen LogP contribution in [0.5, 0.6) is 5.75 Å². The van der Waals surface area contributed by atoms with E-state index in [1.54, 1.807) is 0 Å². The molecule has 0 bridgehead atoms. The van der Waals surface area contributed by atoms with Gasteiger partial charge in [0.05, 0.1) is 12.0 Å². The van der Waals surface area contributed by atoms with Gasteiger partial charge in [0.25, 0.3) is 0 Å². The average molecular weight is 363 g/mol. The number of anilines is 1. The number of nitrogens with two attached hydrogens (primary N) is 1. The molecule has 0 radical (unpaired) electrons. The molecule has 4 nitrogen and oxygen atoms in total. The number of nitrogens with one attached hydrogen (secondary N) is 1. The second-order valence-corrected chi connectivity index (χ2v) is 6.08. The molecule has 0 aliphatic heterocycles. The maximum atomic E-state index is 12.4. The zero-order chi connectivity index (χ0) is 17.5. The van der Waals surface area contributed by atoms with Gasteiger partial charge in [0.15, 0.2) is 0 Å². The third kappa shape index (κ3) is 6.07. The van der Waals surface area contributed by atoms with E-state index in [-0.39, 0.29) is 36.4 Å². The Hall–Kier alpha value is -2.04. The van der Waals surface area contributed by atoms with E-state index < -0.39 is 0 Å². The van der Waals surface area contributed by atoms with E-state index in [4.69, 9.17) is 10.5 Å². The normalized spacial score (nSPS) is 13.9. The summed E-state index contributed by atoms with van der Waals surface area (Å²) in [5, 5.41) is 2.91. The zero-order valence-corrected chi connectivity index (χ0v) is 15.8. The first-order valence-corrected chi connectivity index (χ1v) is 8.39. The molecule has 0 aliphatic rings. The van der Waals surface area contributed by atoms with Crippen LogP contribution in [0.25, 0.3) is 0 Å². The highest BCUT2D eigenvalue weighted by Crippen LogP contribution is 2.22. The van der Waals surface area contributed by atoms with Gasteiger partial charge in [-0.1, -0.05) is 44.2 Å². The number of carbonyl (C=O) groups is 1. The van der Waals surface area contributed by atoms with Crippen LogP contribution in [-0.4, -0.2) is 12.0 Å². The van der Waals surface area contributed by atoms with Crippen molar-refractivity contribution in [1.29, 1.82) is 0 Å². The number of hydrogen-bond acceptors (Lipinski definition) is 3. The lowest BCUT2D eigenvalue weighted by molar-refractivity contribution is -0.120. The van der Waals surface area contributed by atoms with Crippen LogP contribution in [0, 0.1) is 5.92 Å². The van der Waals surface area contributed by atoms with Crippen molar-refractivity contribution in [3.63, 3.8) is 0 Å². The molecule has 3 N–H and O–H groups in total. The van der Waals surface area contributed by atoms with E-state index >= 15 is 0 Å². The molecular formula is C20H27ClN2O2. The summed E-state index contributed by atoms with van der Waals surface area (Å²) >= 11 is 0. The van der Waals surface area contributed by atoms with Crippen molar-refractivity contribution in [3.8, 4) is 5.75 Å². The number of benzene rings is 2. The molecule has 2 aromatic rings. The third-order valence-electron chi connectivity index (χ3n) is 4.17. The molecule has 3 unspecified atom stereocenters. The minimum atomic E-state index is -0.334. The second kappa shape index (κ2) is 10.1. The fraction of sp³-hybridized carbons (Fsp3) is 0.350. The predicted molar refractivity (Wildman–Crippen MR) is 105 cm³/mol. The molecule has 3 atom stereocenters. The molecule has 5 heteroatoms. The van der Waals surface area contributed by atoms with E-state index in [0.29, 0.717) is 0 Å². The molecule has 2 rings (SSSR count). The van der Waals surface area contributed by atoms with E-state index in [0.717, 1.165) is 23.4 Å². The van der Waals surface area contributed by atoms with E-state index in [2.05, 4.69) is 12.2 Å². The van der Waals surface area contributed by atoms with Crippen LogP contribution in [0.15, 0.2) is 54.6 Å². The second-order valence-electron chi connectivity index (χ2n) is 6.08. The minimum Gasteiger partial charge on any atom is -0.491 e. The topological polar surface area (TPSA) is 64.3 Å². The van der Waals surface area contributed by atoms with Gasteiger partial charge < -0.3 is 15.8 Å². The van der Waals surface area contributed by atoms with Crippen LogP contribution in [0.3, 0.4) is 0 Å². The molecule has 0 heterocycles. The molecule has 1 amide bonds. The summed E-state index contributed by atoms with van der Waals surface area (Å²) < 4.78 is 5.73. The van der Waals surface area contributed by atoms with Gasteiger partial charge in [0, 0.05) is 11.7 Å². The molecule has 0 saturated carbocycles. The summed E-state index contributed by atoms with van der Waals surface area (Å²) in [6.07, 6.45) is 1.13. The predicted octanol–water partition coefficient (Wildman–Crippen LogP) is 4.56. The fourth-order valence-corrected chi connectivity index (χ4v) is 2.32. The van der Waals surface area contributed by atoms with Gasteiger partial charge >= 0.3 is 0 Å². The summed E-state index contributed by atoms with van der Waals surface area (Å²) in [7, 11) is 0. The van der Waals surface area contributed by atoms with Crippen LogP contribution in [0.4, 0.5) is 5.69 Å². The lowest BCUT2D eigenvalue weighted by Gasteiger charge is -2.20. The molecule has 25 heavy (non-hydrogen) atoms. The summed E-state index contributed by atoms with van der Waals surface area (Å²) in [4.78, 5) is 12.4. The lowest BCUT2D eigenvalue weighted by atomic mass is 9.94. The van der Waals surface area contributed by atoms with Gasteiger partial charge in [-0.3, -0.25) is 4.79 Å². The SMILES string of the molecule is CCC(C)Oc1ccc(NC(=O)C(C)C(N)c2ccccc2)cc1.Cl. The summed E-state index contributed by atoms with van der Waals surface area (Å²) in [6, 6.07) is 16.7. The summed E-state index contributed by atoms with van der Waals surface area (Å²) in [6.45, 7) is 5.95. The van der Waals surface area contributed by atoms with Crippen molar-refractivity contribution < 1.29 is 9.53 Å². The van der Waals surface area contributed by atoms with Crippen LogP contribution in [0.1, 0.15) is 38.8 Å². The standard InChI is InChI=1S/C20H26N2O2.ClH/c1-4-14(2)24-18-12-10-17(11-13-18)22-20(23)15(3)19(21)16-8-6-5-7-9-16;/h5-15,19H,4,21H2,1-3H3,(H,22,23);1H. The minimum absolute atomic E-state index is 0. The van der Waals surface area contributed by atoms with Crippen LogP contribution < -0.4 is 15.8 Å². The van der Waals surface area contributed by atoms with E-state index in [1.807, 2.05) is 68.4 Å². The van der Waals surface area contributed by atoms with E-state index in [9.17, 15) is 4.79 Å².